The summed E-state index contributed by atoms with van der Waals surface area (Å²) in [6, 6.07) is 7.24. The molecular weight excluding hydrogens is 214 g/mol. The lowest BCUT2D eigenvalue weighted by Crippen LogP contribution is -2.15. The SMILES string of the molecule is CSc1cccc(NC(=O)CC(=O)O)c1. The van der Waals surface area contributed by atoms with Gasteiger partial charge in [0, 0.05) is 10.6 Å². The maximum atomic E-state index is 11.1. The number of thioether (sulfide) groups is 1. The van der Waals surface area contributed by atoms with E-state index in [9.17, 15) is 9.59 Å². The highest BCUT2D eigenvalue weighted by Crippen LogP contribution is 2.18. The molecule has 15 heavy (non-hydrogen) atoms. The van der Waals surface area contributed by atoms with Crippen molar-refractivity contribution in [2.75, 3.05) is 11.6 Å². The molecule has 0 aliphatic heterocycles. The van der Waals surface area contributed by atoms with Crippen molar-refractivity contribution in [3.8, 4) is 0 Å². The van der Waals surface area contributed by atoms with E-state index in [0.29, 0.717) is 5.69 Å². The number of anilines is 1. The molecule has 4 nitrogen and oxygen atoms in total. The van der Waals surface area contributed by atoms with E-state index in [0.717, 1.165) is 4.90 Å². The molecule has 1 aromatic rings. The zero-order chi connectivity index (χ0) is 11.3. The van der Waals surface area contributed by atoms with E-state index in [1.807, 2.05) is 18.4 Å². The van der Waals surface area contributed by atoms with Crippen molar-refractivity contribution in [3.63, 3.8) is 0 Å². The van der Waals surface area contributed by atoms with Crippen LogP contribution in [0.25, 0.3) is 0 Å². The minimum Gasteiger partial charge on any atom is -0.481 e. The van der Waals surface area contributed by atoms with Crippen LogP contribution in [0.5, 0.6) is 0 Å². The number of carboxylic acids is 1. The Morgan fingerprint density at radius 1 is 1.47 bits per heavy atom. The Morgan fingerprint density at radius 3 is 2.80 bits per heavy atom. The van der Waals surface area contributed by atoms with Crippen LogP contribution in [0.2, 0.25) is 0 Å². The molecule has 0 unspecified atom stereocenters. The molecule has 0 spiro atoms. The molecule has 0 aliphatic carbocycles. The lowest BCUT2D eigenvalue weighted by molar-refractivity contribution is -0.139. The van der Waals surface area contributed by atoms with Gasteiger partial charge in [0.2, 0.25) is 5.91 Å². The summed E-state index contributed by atoms with van der Waals surface area (Å²) < 4.78 is 0. The van der Waals surface area contributed by atoms with E-state index >= 15 is 0 Å². The first-order valence-corrected chi connectivity index (χ1v) is 5.50. The topological polar surface area (TPSA) is 66.4 Å². The van der Waals surface area contributed by atoms with Crippen molar-refractivity contribution in [2.45, 2.75) is 11.3 Å². The quantitative estimate of drug-likeness (QED) is 0.606. The van der Waals surface area contributed by atoms with Crippen LogP contribution in [0.3, 0.4) is 0 Å². The second-order valence-electron chi connectivity index (χ2n) is 2.85. The molecule has 0 bridgehead atoms. The van der Waals surface area contributed by atoms with E-state index in [4.69, 9.17) is 5.11 Å². The molecule has 0 saturated carbocycles. The number of carboxylic acid groups (broad SMARTS) is 1. The minimum absolute atomic E-state index is 0.510. The zero-order valence-corrected chi connectivity index (χ0v) is 9.00. The number of carbonyl (C=O) groups is 2. The van der Waals surface area contributed by atoms with E-state index in [2.05, 4.69) is 5.32 Å². The summed E-state index contributed by atoms with van der Waals surface area (Å²) in [6.45, 7) is 0. The van der Waals surface area contributed by atoms with Gasteiger partial charge in [0.25, 0.3) is 0 Å². The predicted octanol–water partition coefficient (Wildman–Crippen LogP) is 1.82. The van der Waals surface area contributed by atoms with E-state index in [1.54, 1.807) is 23.9 Å². The molecule has 0 atom stereocenters. The molecule has 0 saturated heterocycles. The van der Waals surface area contributed by atoms with Crippen LogP contribution < -0.4 is 5.32 Å². The summed E-state index contributed by atoms with van der Waals surface area (Å²) in [4.78, 5) is 22.4. The molecule has 0 fully saturated rings. The average molecular weight is 225 g/mol. The molecule has 1 aromatic carbocycles. The maximum Gasteiger partial charge on any atom is 0.312 e. The fourth-order valence-electron chi connectivity index (χ4n) is 1.04. The maximum absolute atomic E-state index is 11.1. The number of benzene rings is 1. The Morgan fingerprint density at radius 2 is 2.20 bits per heavy atom. The van der Waals surface area contributed by atoms with Gasteiger partial charge in [-0.1, -0.05) is 6.07 Å². The van der Waals surface area contributed by atoms with Crippen LogP contribution in [0.4, 0.5) is 5.69 Å². The van der Waals surface area contributed by atoms with Gasteiger partial charge in [0.05, 0.1) is 0 Å². The molecule has 2 N–H and O–H groups in total. The van der Waals surface area contributed by atoms with Gasteiger partial charge in [-0.25, -0.2) is 0 Å². The van der Waals surface area contributed by atoms with Gasteiger partial charge in [0.15, 0.2) is 0 Å². The molecule has 1 amide bonds. The van der Waals surface area contributed by atoms with Crippen LogP contribution >= 0.6 is 11.8 Å². The van der Waals surface area contributed by atoms with Crippen LogP contribution in [0.15, 0.2) is 29.2 Å². The van der Waals surface area contributed by atoms with Crippen molar-refractivity contribution in [1.82, 2.24) is 0 Å². The highest BCUT2D eigenvalue weighted by molar-refractivity contribution is 7.98. The third-order valence-corrected chi connectivity index (χ3v) is 2.39. The van der Waals surface area contributed by atoms with Crippen molar-refractivity contribution in [3.05, 3.63) is 24.3 Å². The van der Waals surface area contributed by atoms with E-state index in [1.165, 1.54) is 0 Å². The molecule has 0 radical (unpaired) electrons. The third kappa shape index (κ3) is 4.03. The number of hydrogen-bond acceptors (Lipinski definition) is 3. The molecule has 0 aromatic heterocycles. The van der Waals surface area contributed by atoms with Crippen LogP contribution in [-0.2, 0) is 9.59 Å². The second-order valence-corrected chi connectivity index (χ2v) is 3.73. The molecular formula is C10H11NO3S. The smallest absolute Gasteiger partial charge is 0.312 e. The molecule has 0 heterocycles. The van der Waals surface area contributed by atoms with Crippen molar-refractivity contribution in [2.24, 2.45) is 0 Å². The normalized spacial score (nSPS) is 9.67. The van der Waals surface area contributed by atoms with Crippen LogP contribution in [0.1, 0.15) is 6.42 Å². The van der Waals surface area contributed by atoms with Gasteiger partial charge in [-0.05, 0) is 24.5 Å². The number of aliphatic carboxylic acids is 1. The summed E-state index contributed by atoms with van der Waals surface area (Å²) >= 11 is 1.56. The standard InChI is InChI=1S/C10H11NO3S/c1-15-8-4-2-3-7(5-8)11-9(12)6-10(13)14/h2-5H,6H2,1H3,(H,11,12)(H,13,14). The number of rotatable bonds is 4. The van der Waals surface area contributed by atoms with Gasteiger partial charge in [-0.15, -0.1) is 11.8 Å². The Balaban J connectivity index is 2.63. The summed E-state index contributed by atoms with van der Waals surface area (Å²) in [5.74, 6) is -1.64. The van der Waals surface area contributed by atoms with E-state index < -0.39 is 18.3 Å². The average Bonchev–Trinajstić information content (AvgIpc) is 2.16. The predicted molar refractivity (Wildman–Crippen MR) is 59.1 cm³/mol. The number of carbonyl (C=O) groups excluding carboxylic acids is 1. The minimum atomic E-state index is -1.13. The molecule has 80 valence electrons. The summed E-state index contributed by atoms with van der Waals surface area (Å²) in [5.41, 5.74) is 0.619. The first kappa shape index (κ1) is 11.6. The first-order valence-electron chi connectivity index (χ1n) is 4.27. The lowest BCUT2D eigenvalue weighted by Gasteiger charge is -2.04. The largest absolute Gasteiger partial charge is 0.481 e. The van der Waals surface area contributed by atoms with Crippen molar-refractivity contribution in [1.29, 1.82) is 0 Å². The first-order chi connectivity index (χ1) is 7.11. The molecule has 1 rings (SSSR count). The Hall–Kier alpha value is -1.49. The van der Waals surface area contributed by atoms with E-state index in [-0.39, 0.29) is 0 Å². The lowest BCUT2D eigenvalue weighted by atomic mass is 10.3. The monoisotopic (exact) mass is 225 g/mol. The molecule has 0 aliphatic rings. The molecule has 5 heteroatoms. The van der Waals surface area contributed by atoms with Gasteiger partial charge in [-0.2, -0.15) is 0 Å². The second kappa shape index (κ2) is 5.41. The van der Waals surface area contributed by atoms with Gasteiger partial charge < -0.3 is 10.4 Å². The summed E-state index contributed by atoms with van der Waals surface area (Å²) in [6.07, 6.45) is 1.42. The fourth-order valence-corrected chi connectivity index (χ4v) is 1.50. The van der Waals surface area contributed by atoms with Crippen molar-refractivity contribution < 1.29 is 14.7 Å². The third-order valence-electron chi connectivity index (χ3n) is 1.67. The Labute approximate surface area is 91.7 Å². The van der Waals surface area contributed by atoms with Crippen LogP contribution in [-0.4, -0.2) is 23.2 Å². The number of amides is 1. The van der Waals surface area contributed by atoms with Crippen LogP contribution in [0, 0.1) is 0 Å². The zero-order valence-electron chi connectivity index (χ0n) is 8.19. The van der Waals surface area contributed by atoms with Gasteiger partial charge in [-0.3, -0.25) is 9.59 Å². The van der Waals surface area contributed by atoms with Crippen molar-refractivity contribution >= 4 is 29.3 Å². The highest BCUT2D eigenvalue weighted by Gasteiger charge is 2.07. The Kier molecular flexibility index (Phi) is 4.17. The fraction of sp³-hybridized carbons (Fsp3) is 0.200. The van der Waals surface area contributed by atoms with Gasteiger partial charge >= 0.3 is 5.97 Å². The summed E-state index contributed by atoms with van der Waals surface area (Å²) in [7, 11) is 0. The highest BCUT2D eigenvalue weighted by atomic mass is 32.2. The number of nitrogens with one attached hydrogen (secondary N) is 1. The Bertz CT molecular complexity index is 379. The van der Waals surface area contributed by atoms with Gasteiger partial charge in [0.1, 0.15) is 6.42 Å². The number of hydrogen-bond donors (Lipinski definition) is 2. The summed E-state index contributed by atoms with van der Waals surface area (Å²) in [5, 5.41) is 10.9.